The molecule has 0 aromatic heterocycles. The van der Waals surface area contributed by atoms with Gasteiger partial charge in [0.1, 0.15) is 0 Å². The van der Waals surface area contributed by atoms with Crippen LogP contribution >= 0.6 is 0 Å². The Bertz CT molecular complexity index is 620. The van der Waals surface area contributed by atoms with Crippen LogP contribution in [-0.4, -0.2) is 0 Å². The van der Waals surface area contributed by atoms with Crippen LogP contribution in [0.3, 0.4) is 0 Å². The van der Waals surface area contributed by atoms with E-state index < -0.39 is 0 Å². The van der Waals surface area contributed by atoms with Gasteiger partial charge in [0.15, 0.2) is 0 Å². The molecule has 0 aliphatic rings. The maximum Gasteiger partial charge on any atom is 0 e. The van der Waals surface area contributed by atoms with Crippen molar-refractivity contribution < 1.29 is 65.4 Å². The second-order valence-corrected chi connectivity index (χ2v) is 4.72. The maximum absolute atomic E-state index is 3.15. The van der Waals surface area contributed by atoms with Gasteiger partial charge in [-0.2, -0.15) is 78.4 Å². The molecule has 0 aliphatic carbocycles. The quantitative estimate of drug-likeness (QED) is 0.294. The standard InChI is InChI=1S/C12H8.2C6H5.2Y/c1-3-7-11(8-4-1)12-9-5-2-6-10-12;2*1-2-4-6-5-3-1;;/h1-5,7-8,10H;2*1-5H;;/q-2;2*-1;;. The van der Waals surface area contributed by atoms with E-state index in [0.717, 1.165) is 5.56 Å². The van der Waals surface area contributed by atoms with Crippen molar-refractivity contribution in [2.45, 2.75) is 0 Å². The van der Waals surface area contributed by atoms with Gasteiger partial charge < -0.3 is 0 Å². The van der Waals surface area contributed by atoms with E-state index in [4.69, 9.17) is 0 Å². The van der Waals surface area contributed by atoms with Gasteiger partial charge in [-0.3, -0.25) is 35.9 Å². The normalized spacial score (nSPS) is 8.15. The third-order valence-corrected chi connectivity index (χ3v) is 2.95. The Hall–Kier alpha value is -0.912. The van der Waals surface area contributed by atoms with Gasteiger partial charge in [0, 0.05) is 65.4 Å². The average Bonchev–Trinajstić information content (AvgIpc) is 2.73. The smallest absolute Gasteiger partial charge is 0 e. The second-order valence-electron chi connectivity index (χ2n) is 4.72. The van der Waals surface area contributed by atoms with Crippen LogP contribution in [0, 0.1) is 24.3 Å². The van der Waals surface area contributed by atoms with Gasteiger partial charge in [0.25, 0.3) is 0 Å². The first-order chi connectivity index (χ1) is 12.0. The van der Waals surface area contributed by atoms with E-state index in [0.29, 0.717) is 0 Å². The summed E-state index contributed by atoms with van der Waals surface area (Å²) in [5, 5.41) is 0. The Morgan fingerprint density at radius 3 is 1.31 bits per heavy atom. The predicted octanol–water partition coefficient (Wildman–Crippen LogP) is 5.92. The number of benzene rings is 4. The zero-order chi connectivity index (χ0) is 16.7. The zero-order valence-corrected chi connectivity index (χ0v) is 20.2. The van der Waals surface area contributed by atoms with Gasteiger partial charge in [0.2, 0.25) is 0 Å². The van der Waals surface area contributed by atoms with Crippen LogP contribution in [0.25, 0.3) is 11.1 Å². The van der Waals surface area contributed by atoms with Gasteiger partial charge >= 0.3 is 0 Å². The number of rotatable bonds is 1. The molecule has 2 radical (unpaired) electrons. The molecule has 4 aromatic rings. The molecule has 0 N–H and O–H groups in total. The molecule has 0 bridgehead atoms. The molecule has 4 aromatic carbocycles. The number of hydrogen-bond donors (Lipinski definition) is 0. The average molecular weight is 484 g/mol. The molecule has 0 aliphatic heterocycles. The molecule has 0 heterocycles. The Morgan fingerprint density at radius 1 is 0.462 bits per heavy atom. The van der Waals surface area contributed by atoms with Crippen LogP contribution in [0.15, 0.2) is 109 Å². The summed E-state index contributed by atoms with van der Waals surface area (Å²) in [4.78, 5) is 0. The Morgan fingerprint density at radius 2 is 0.962 bits per heavy atom. The van der Waals surface area contributed by atoms with E-state index in [-0.39, 0.29) is 65.4 Å². The molecule has 0 atom stereocenters. The molecular formula is C24H18Y2-4. The molecule has 124 valence electrons. The van der Waals surface area contributed by atoms with E-state index in [1.807, 2.05) is 97.1 Å². The summed E-state index contributed by atoms with van der Waals surface area (Å²) in [5.41, 5.74) is 2.28. The van der Waals surface area contributed by atoms with E-state index in [2.05, 4.69) is 36.4 Å². The topological polar surface area (TPSA) is 0 Å². The van der Waals surface area contributed by atoms with E-state index in [1.165, 1.54) is 5.56 Å². The minimum absolute atomic E-state index is 0. The molecule has 0 spiro atoms. The van der Waals surface area contributed by atoms with Crippen molar-refractivity contribution in [2.24, 2.45) is 0 Å². The molecule has 4 rings (SSSR count). The van der Waals surface area contributed by atoms with Crippen molar-refractivity contribution in [2.75, 3.05) is 0 Å². The van der Waals surface area contributed by atoms with Crippen molar-refractivity contribution in [3.8, 4) is 11.1 Å². The Labute approximate surface area is 207 Å². The Kier molecular flexibility index (Phi) is 16.9. The van der Waals surface area contributed by atoms with Crippen LogP contribution in [0.4, 0.5) is 0 Å². The van der Waals surface area contributed by atoms with Crippen LogP contribution in [0.2, 0.25) is 0 Å². The van der Waals surface area contributed by atoms with Crippen molar-refractivity contribution in [1.82, 2.24) is 0 Å². The van der Waals surface area contributed by atoms with Crippen molar-refractivity contribution in [1.29, 1.82) is 0 Å². The third-order valence-electron chi connectivity index (χ3n) is 2.95. The second kappa shape index (κ2) is 17.5. The summed E-state index contributed by atoms with van der Waals surface area (Å²) >= 11 is 0. The third kappa shape index (κ3) is 11.7. The maximum atomic E-state index is 3.15. The first kappa shape index (κ1) is 25.1. The van der Waals surface area contributed by atoms with Gasteiger partial charge in [-0.05, 0) is 0 Å². The SMILES string of the molecule is [Y].[Y].[c-]1cc[c-]c(-c2ccccc2)c1.[c-]1ccccc1.[c-]1ccccc1. The molecular weight excluding hydrogens is 466 g/mol. The molecule has 26 heavy (non-hydrogen) atoms. The van der Waals surface area contributed by atoms with Crippen LogP contribution in [0.5, 0.6) is 0 Å². The molecule has 2 heteroatoms. The van der Waals surface area contributed by atoms with Crippen LogP contribution in [0.1, 0.15) is 0 Å². The number of hydrogen-bond acceptors (Lipinski definition) is 0. The summed E-state index contributed by atoms with van der Waals surface area (Å²) in [6.45, 7) is 0. The van der Waals surface area contributed by atoms with Crippen molar-refractivity contribution in [3.05, 3.63) is 133 Å². The molecule has 0 unspecified atom stereocenters. The van der Waals surface area contributed by atoms with Crippen molar-refractivity contribution >= 4 is 0 Å². The summed E-state index contributed by atoms with van der Waals surface area (Å²) < 4.78 is 0. The van der Waals surface area contributed by atoms with Crippen LogP contribution < -0.4 is 0 Å². The summed E-state index contributed by atoms with van der Waals surface area (Å²) in [6.07, 6.45) is 0. The first-order valence-corrected chi connectivity index (χ1v) is 7.72. The monoisotopic (exact) mass is 484 g/mol. The van der Waals surface area contributed by atoms with E-state index in [9.17, 15) is 0 Å². The van der Waals surface area contributed by atoms with Gasteiger partial charge in [-0.15, -0.1) is 12.1 Å². The predicted molar refractivity (Wildman–Crippen MR) is 100 cm³/mol. The molecule has 0 saturated carbocycles. The van der Waals surface area contributed by atoms with Gasteiger partial charge in [-0.25, -0.2) is 0 Å². The van der Waals surface area contributed by atoms with Gasteiger partial charge in [-0.1, -0.05) is 18.2 Å². The fourth-order valence-corrected chi connectivity index (χ4v) is 1.82. The first-order valence-electron chi connectivity index (χ1n) is 7.72. The summed E-state index contributed by atoms with van der Waals surface area (Å²) in [7, 11) is 0. The fraction of sp³-hybridized carbons (Fsp3) is 0. The molecule has 0 saturated heterocycles. The van der Waals surface area contributed by atoms with Crippen LogP contribution in [-0.2, 0) is 65.4 Å². The van der Waals surface area contributed by atoms with Crippen molar-refractivity contribution in [3.63, 3.8) is 0 Å². The molecule has 0 nitrogen and oxygen atoms in total. The van der Waals surface area contributed by atoms with Gasteiger partial charge in [0.05, 0.1) is 0 Å². The molecule has 0 amide bonds. The van der Waals surface area contributed by atoms with E-state index in [1.54, 1.807) is 0 Å². The Balaban J connectivity index is 0.000000382. The molecule has 0 fully saturated rings. The van der Waals surface area contributed by atoms with E-state index >= 15 is 0 Å². The minimum Gasteiger partial charge on any atom is -0.286 e. The fourth-order valence-electron chi connectivity index (χ4n) is 1.82. The summed E-state index contributed by atoms with van der Waals surface area (Å²) in [6, 6.07) is 47.0. The minimum atomic E-state index is 0. The zero-order valence-electron chi connectivity index (χ0n) is 14.5. The largest absolute Gasteiger partial charge is 0.286 e. The summed E-state index contributed by atoms with van der Waals surface area (Å²) in [5.74, 6) is 0.